The van der Waals surface area contributed by atoms with Crippen molar-refractivity contribution in [3.05, 3.63) is 194 Å². The number of hydrogen-bond donors (Lipinski definition) is 0. The quantitative estimate of drug-likeness (QED) is 0.164. The molecule has 12 rings (SSSR count). The van der Waals surface area contributed by atoms with Crippen LogP contribution in [0.2, 0.25) is 0 Å². The lowest BCUT2D eigenvalue weighted by molar-refractivity contribution is 1.07. The summed E-state index contributed by atoms with van der Waals surface area (Å²) in [5.74, 6) is 1.38. The molecule has 0 radical (unpaired) electrons. The lowest BCUT2D eigenvalue weighted by atomic mass is 9.96. The number of benzene rings is 9. The Labute approximate surface area is 346 Å². The second-order valence-electron chi connectivity index (χ2n) is 14.3. The minimum Gasteiger partial charge on any atom is -0.309 e. The van der Waals surface area contributed by atoms with Crippen molar-refractivity contribution < 1.29 is 8.22 Å². The Hall–Kier alpha value is -7.47. The summed E-state index contributed by atoms with van der Waals surface area (Å²) in [6, 6.07) is 50.9. The van der Waals surface area contributed by atoms with Crippen LogP contribution < -0.4 is 0 Å². The molecule has 5 heteroatoms. The molecule has 3 aromatic heterocycles. The Morgan fingerprint density at radius 3 is 1.84 bits per heavy atom. The molecule has 58 heavy (non-hydrogen) atoms. The summed E-state index contributed by atoms with van der Waals surface area (Å²) >= 11 is 1.69. The predicted molar refractivity (Wildman–Crippen MR) is 244 cm³/mol. The highest BCUT2D eigenvalue weighted by Crippen LogP contribution is 2.44. The SMILES string of the molecule is [2H]c1cc([2H])c2c(c1[2H])c1c([2H])c([2H])cc([2H])c1n2-c1cc(-c2nc(-c3ccccc3)nc(-c3cc4ccccc4c4ccccc34)n2)ccc1-c1cccc2c1sc1ccccc12. The topological polar surface area (TPSA) is 43.6 Å². The fourth-order valence-corrected chi connectivity index (χ4v) is 9.61. The van der Waals surface area contributed by atoms with E-state index in [0.717, 1.165) is 64.0 Å². The standard InChI is InChI=1S/C53H32N4S/c1-2-15-33(16-3-1)51-54-52(56-53(55-51)45-31-34-17-4-5-18-36(34)37-19-6-7-20-38(37)45)35-29-30-41(43-24-14-25-44-42-23-10-13-28-49(42)58-50(43)44)48(32-35)57-46-26-11-8-21-39(46)40-22-9-12-27-47(40)57/h1-32H/i8D,9D,21D,22D,26D,27D. The van der Waals surface area contributed by atoms with Gasteiger partial charge in [0.15, 0.2) is 17.5 Å². The molecule has 9 aromatic carbocycles. The van der Waals surface area contributed by atoms with E-state index in [1.54, 1.807) is 15.9 Å². The van der Waals surface area contributed by atoms with Gasteiger partial charge in [-0.25, -0.2) is 15.0 Å². The van der Waals surface area contributed by atoms with Crippen LogP contribution >= 0.6 is 11.3 Å². The van der Waals surface area contributed by atoms with E-state index in [1.165, 1.54) is 12.1 Å². The fourth-order valence-electron chi connectivity index (χ4n) is 8.38. The van der Waals surface area contributed by atoms with Crippen LogP contribution in [0.15, 0.2) is 194 Å². The van der Waals surface area contributed by atoms with Gasteiger partial charge in [-0.05, 0) is 51.8 Å². The normalized spacial score (nSPS) is 13.2. The highest BCUT2D eigenvalue weighted by molar-refractivity contribution is 7.26. The minimum absolute atomic E-state index is 0.0362. The van der Waals surface area contributed by atoms with Gasteiger partial charge in [0.25, 0.3) is 0 Å². The zero-order chi connectivity index (χ0) is 43.4. The van der Waals surface area contributed by atoms with Crippen molar-refractivity contribution in [1.82, 2.24) is 19.5 Å². The van der Waals surface area contributed by atoms with E-state index in [9.17, 15) is 2.74 Å². The van der Waals surface area contributed by atoms with E-state index in [0.29, 0.717) is 28.7 Å². The number of aromatic nitrogens is 4. The fraction of sp³-hybridized carbons (Fsp3) is 0. The van der Waals surface area contributed by atoms with Crippen molar-refractivity contribution in [2.24, 2.45) is 0 Å². The molecule has 4 nitrogen and oxygen atoms in total. The third kappa shape index (κ3) is 5.11. The zero-order valence-corrected chi connectivity index (χ0v) is 31.5. The van der Waals surface area contributed by atoms with Crippen molar-refractivity contribution in [2.75, 3.05) is 0 Å². The van der Waals surface area contributed by atoms with Gasteiger partial charge in [-0.2, -0.15) is 0 Å². The molecule has 0 unspecified atom stereocenters. The summed E-state index contributed by atoms with van der Waals surface area (Å²) in [6.07, 6.45) is 0. The predicted octanol–water partition coefficient (Wildman–Crippen LogP) is 14.3. The second kappa shape index (κ2) is 13.1. The van der Waals surface area contributed by atoms with Crippen LogP contribution in [0.25, 0.3) is 115 Å². The summed E-state index contributed by atoms with van der Waals surface area (Å²) in [5.41, 5.74) is 5.11. The van der Waals surface area contributed by atoms with Crippen LogP contribution in [0.1, 0.15) is 8.22 Å². The highest BCUT2D eigenvalue weighted by atomic mass is 32.1. The van der Waals surface area contributed by atoms with E-state index in [-0.39, 0.29) is 58.1 Å². The molecule has 270 valence electrons. The van der Waals surface area contributed by atoms with E-state index < -0.39 is 0 Å². The molecule has 0 saturated heterocycles. The average molecular weight is 763 g/mol. The van der Waals surface area contributed by atoms with Crippen LogP contribution in [0.3, 0.4) is 0 Å². The Balaban J connectivity index is 1.20. The molecule has 0 atom stereocenters. The third-order valence-corrected chi connectivity index (χ3v) is 12.2. The molecule has 0 aliphatic rings. The Kier molecular flexibility index (Phi) is 6.12. The van der Waals surface area contributed by atoms with Gasteiger partial charge < -0.3 is 4.57 Å². The Morgan fingerprint density at radius 1 is 0.414 bits per heavy atom. The maximum Gasteiger partial charge on any atom is 0.164 e. The van der Waals surface area contributed by atoms with E-state index in [2.05, 4.69) is 54.6 Å². The van der Waals surface area contributed by atoms with Crippen LogP contribution in [-0.4, -0.2) is 19.5 Å². The van der Waals surface area contributed by atoms with Crippen molar-refractivity contribution in [2.45, 2.75) is 0 Å². The Bertz CT molecular complexity index is 3870. The van der Waals surface area contributed by atoms with Gasteiger partial charge in [-0.3, -0.25) is 0 Å². The van der Waals surface area contributed by atoms with E-state index >= 15 is 0 Å². The first-order valence-corrected chi connectivity index (χ1v) is 19.8. The number of para-hydroxylation sites is 2. The highest BCUT2D eigenvalue weighted by Gasteiger charge is 2.21. The van der Waals surface area contributed by atoms with Gasteiger partial charge in [-0.15, -0.1) is 11.3 Å². The van der Waals surface area contributed by atoms with Crippen LogP contribution in [-0.2, 0) is 0 Å². The van der Waals surface area contributed by atoms with Gasteiger partial charge in [0, 0.05) is 58.8 Å². The molecular formula is C53H32N4S. The molecule has 12 aromatic rings. The van der Waals surface area contributed by atoms with Crippen LogP contribution in [0, 0.1) is 0 Å². The summed E-state index contributed by atoms with van der Waals surface area (Å²) in [4.78, 5) is 15.5. The lowest BCUT2D eigenvalue weighted by Crippen LogP contribution is -2.02. The first kappa shape index (κ1) is 27.2. The summed E-state index contributed by atoms with van der Waals surface area (Å²) in [7, 11) is 0. The van der Waals surface area contributed by atoms with Gasteiger partial charge in [-0.1, -0.05) is 164 Å². The number of hydrogen-bond acceptors (Lipinski definition) is 4. The number of nitrogens with zero attached hydrogens (tertiary/aromatic N) is 4. The van der Waals surface area contributed by atoms with Gasteiger partial charge in [0.05, 0.1) is 24.9 Å². The number of thiophene rings is 1. The Morgan fingerprint density at radius 2 is 1.05 bits per heavy atom. The molecule has 3 heterocycles. The molecule has 0 aliphatic heterocycles. The third-order valence-electron chi connectivity index (χ3n) is 11.0. The average Bonchev–Trinajstić information content (AvgIpc) is 3.90. The van der Waals surface area contributed by atoms with Crippen LogP contribution in [0.5, 0.6) is 0 Å². The zero-order valence-electron chi connectivity index (χ0n) is 36.7. The summed E-state index contributed by atoms with van der Waals surface area (Å²) in [6.45, 7) is 0. The van der Waals surface area contributed by atoms with Gasteiger partial charge >= 0.3 is 0 Å². The monoisotopic (exact) mass is 762 g/mol. The lowest BCUT2D eigenvalue weighted by Gasteiger charge is -2.17. The summed E-state index contributed by atoms with van der Waals surface area (Å²) < 4.78 is 58.3. The molecular weight excluding hydrogens is 725 g/mol. The molecule has 0 saturated carbocycles. The van der Waals surface area contributed by atoms with Crippen molar-refractivity contribution in [3.63, 3.8) is 0 Å². The molecule has 0 spiro atoms. The first-order valence-electron chi connectivity index (χ1n) is 22.0. The van der Waals surface area contributed by atoms with Crippen molar-refractivity contribution in [3.8, 4) is 51.0 Å². The summed E-state index contributed by atoms with van der Waals surface area (Å²) in [5, 5.41) is 6.87. The molecule has 0 amide bonds. The van der Waals surface area contributed by atoms with Crippen molar-refractivity contribution >= 4 is 74.9 Å². The van der Waals surface area contributed by atoms with E-state index in [1.807, 2.05) is 91.0 Å². The largest absolute Gasteiger partial charge is 0.309 e. The maximum atomic E-state index is 9.36. The number of fused-ring (bicyclic) bond motifs is 9. The molecule has 0 aliphatic carbocycles. The molecule has 0 fully saturated rings. The smallest absolute Gasteiger partial charge is 0.164 e. The van der Waals surface area contributed by atoms with Gasteiger partial charge in [0.1, 0.15) is 0 Å². The molecule has 0 N–H and O–H groups in total. The second-order valence-corrected chi connectivity index (χ2v) is 15.3. The minimum atomic E-state index is -0.172. The number of rotatable bonds is 5. The van der Waals surface area contributed by atoms with Crippen LogP contribution in [0.4, 0.5) is 0 Å². The first-order chi connectivity index (χ1) is 31.2. The van der Waals surface area contributed by atoms with Gasteiger partial charge in [0.2, 0.25) is 0 Å². The van der Waals surface area contributed by atoms with E-state index in [4.69, 9.17) is 20.4 Å². The molecule has 0 bridgehead atoms. The maximum absolute atomic E-state index is 9.36. The van der Waals surface area contributed by atoms with Crippen molar-refractivity contribution in [1.29, 1.82) is 0 Å².